The number of rotatable bonds is 18. The zero-order valence-corrected chi connectivity index (χ0v) is 52.4. The van der Waals surface area contributed by atoms with E-state index in [1.165, 1.54) is 76.2 Å². The maximum Gasteiger partial charge on any atom is 0.381 e. The zero-order chi connectivity index (χ0) is 71.0. The molecule has 0 N–H and O–H groups in total. The molecule has 33 heteroatoms. The van der Waals surface area contributed by atoms with Crippen LogP contribution in [0.25, 0.3) is 0 Å². The quantitative estimate of drug-likeness (QED) is 0.0410. The summed E-state index contributed by atoms with van der Waals surface area (Å²) in [5.41, 5.74) is -11.0. The van der Waals surface area contributed by atoms with Gasteiger partial charge in [-0.1, -0.05) is 33.2 Å². The van der Waals surface area contributed by atoms with E-state index in [0.717, 1.165) is 13.8 Å². The minimum atomic E-state index is -4.43. The topological polar surface area (TPSA) is 299 Å². The molecular formula is C58H74F10O23. The van der Waals surface area contributed by atoms with Crippen LogP contribution in [0.1, 0.15) is 135 Å². The van der Waals surface area contributed by atoms with E-state index in [9.17, 15) is 96.6 Å². The molecule has 0 saturated carbocycles. The number of halogens is 10. The van der Waals surface area contributed by atoms with Crippen molar-refractivity contribution in [3.8, 4) is 0 Å². The molecule has 23 nitrogen and oxygen atoms in total. The molecule has 0 bridgehead atoms. The molecule has 91 heavy (non-hydrogen) atoms. The third-order valence-electron chi connectivity index (χ3n) is 13.6. The van der Waals surface area contributed by atoms with Crippen molar-refractivity contribution >= 4 is 65.7 Å². The molecule has 0 aromatic heterocycles. The molecule has 5 aliphatic rings. The summed E-state index contributed by atoms with van der Waals surface area (Å²) < 4.78 is 197. The SMILES string of the molecule is C=C(C)C(=O)OC(CC)C(F)(F)C(=O)OC1(C)CC(C)(C)OC(=O)C1(F)F.C=C(C)C(=O)OC1CC(C2CCOC2=O)OC(=O)C1(F)F.C=C(C)C(=O)OCC(=O)OC1(C)CC(C)(C)OC(=O)C1(F)F.C=C(C)C(=O)OCCOC1(C)CC(C)(C)OC(=O)C1(F)F. The van der Waals surface area contributed by atoms with Gasteiger partial charge in [0.1, 0.15) is 35.1 Å². The number of esters is 11. The second kappa shape index (κ2) is 28.9. The first-order valence-corrected chi connectivity index (χ1v) is 27.4. The van der Waals surface area contributed by atoms with E-state index in [-0.39, 0.29) is 55.0 Å². The summed E-state index contributed by atoms with van der Waals surface area (Å²) in [6.07, 6.45) is -7.32. The molecule has 0 spiro atoms. The maximum atomic E-state index is 14.4. The van der Waals surface area contributed by atoms with Gasteiger partial charge in [0, 0.05) is 48.0 Å². The highest BCUT2D eigenvalue weighted by atomic mass is 19.3. The Kier molecular flexibility index (Phi) is 25.3. The summed E-state index contributed by atoms with van der Waals surface area (Å²) in [4.78, 5) is 126. The van der Waals surface area contributed by atoms with Gasteiger partial charge in [0.2, 0.25) is 0 Å². The van der Waals surface area contributed by atoms with Crippen molar-refractivity contribution in [1.29, 1.82) is 0 Å². The molecular weight excluding hydrogens is 1250 g/mol. The fraction of sp³-hybridized carbons (Fsp3) is 0.672. The third-order valence-corrected chi connectivity index (χ3v) is 13.6. The van der Waals surface area contributed by atoms with Crippen molar-refractivity contribution in [1.82, 2.24) is 0 Å². The Hall–Kier alpha value is -7.61. The van der Waals surface area contributed by atoms with Crippen LogP contribution in [0.3, 0.4) is 0 Å². The lowest BCUT2D eigenvalue weighted by molar-refractivity contribution is -0.272. The Balaban J connectivity index is 0.000000416. The molecule has 0 aliphatic carbocycles. The molecule has 5 heterocycles. The van der Waals surface area contributed by atoms with Crippen LogP contribution >= 0.6 is 0 Å². The summed E-state index contributed by atoms with van der Waals surface area (Å²) >= 11 is 0. The van der Waals surface area contributed by atoms with Crippen LogP contribution in [0.2, 0.25) is 0 Å². The van der Waals surface area contributed by atoms with Gasteiger partial charge < -0.3 is 56.8 Å². The highest BCUT2D eigenvalue weighted by molar-refractivity contribution is 5.90. The number of hydrogen-bond acceptors (Lipinski definition) is 23. The molecule has 5 fully saturated rings. The Morgan fingerprint density at radius 2 is 0.978 bits per heavy atom. The first kappa shape index (κ1) is 79.5. The van der Waals surface area contributed by atoms with Crippen LogP contribution in [0.4, 0.5) is 43.9 Å². The van der Waals surface area contributed by atoms with Crippen molar-refractivity contribution in [2.24, 2.45) is 5.92 Å². The average Bonchev–Trinajstić information content (AvgIpc) is 1.07. The first-order chi connectivity index (χ1) is 40.9. The number of cyclic esters (lactones) is 5. The van der Waals surface area contributed by atoms with Gasteiger partial charge >= 0.3 is 95.3 Å². The molecule has 7 unspecified atom stereocenters. The number of carbonyl (C=O) groups excluding carboxylic acids is 11. The largest absolute Gasteiger partial charge is 0.465 e. The Bertz CT molecular complexity index is 2900. The summed E-state index contributed by atoms with van der Waals surface area (Å²) in [5, 5.41) is 0. The number of carbonyl (C=O) groups is 11. The van der Waals surface area contributed by atoms with E-state index in [4.69, 9.17) is 23.7 Å². The van der Waals surface area contributed by atoms with Crippen LogP contribution in [0.5, 0.6) is 0 Å². The summed E-state index contributed by atoms with van der Waals surface area (Å²) in [5.74, 6) is -36.3. The number of alkyl halides is 10. The van der Waals surface area contributed by atoms with E-state index in [1.807, 2.05) is 0 Å². The second-order valence-electron chi connectivity index (χ2n) is 24.1. The molecule has 5 aliphatic heterocycles. The van der Waals surface area contributed by atoms with E-state index in [1.54, 1.807) is 0 Å². The fourth-order valence-electron chi connectivity index (χ4n) is 9.12. The second-order valence-corrected chi connectivity index (χ2v) is 24.1. The lowest BCUT2D eigenvalue weighted by Crippen LogP contribution is -2.64. The molecule has 5 saturated heterocycles. The normalized spacial score (nSPS) is 27.1. The molecule has 0 aromatic carbocycles. The molecule has 5 rings (SSSR count). The van der Waals surface area contributed by atoms with Gasteiger partial charge in [0.05, 0.1) is 19.1 Å². The van der Waals surface area contributed by atoms with Crippen molar-refractivity contribution in [3.63, 3.8) is 0 Å². The Morgan fingerprint density at radius 3 is 1.38 bits per heavy atom. The van der Waals surface area contributed by atoms with Gasteiger partial charge in [-0.25, -0.2) is 47.9 Å². The first-order valence-electron chi connectivity index (χ1n) is 27.4. The van der Waals surface area contributed by atoms with E-state index >= 15 is 0 Å². The van der Waals surface area contributed by atoms with Crippen LogP contribution in [0.15, 0.2) is 48.6 Å². The van der Waals surface area contributed by atoms with Gasteiger partial charge in [-0.3, -0.25) is 4.79 Å². The molecule has 0 radical (unpaired) electrons. The van der Waals surface area contributed by atoms with E-state index in [0.29, 0.717) is 6.92 Å². The summed E-state index contributed by atoms with van der Waals surface area (Å²) in [6.45, 7) is 29.8. The number of hydrogen-bond donors (Lipinski definition) is 0. The predicted molar refractivity (Wildman–Crippen MR) is 287 cm³/mol. The van der Waals surface area contributed by atoms with Gasteiger partial charge in [-0.05, 0) is 103 Å². The average molecular weight is 1330 g/mol. The lowest BCUT2D eigenvalue weighted by atomic mass is 9.82. The standard InChI is InChI=1S/C17H22F4O6.C14H18F2O6.C14H20F2O5.C13H14F2O6/c1-7-10(25-11(22)9(2)3)16(18,19)12(23)27-15(6)8-14(4,5)26-13(24)17(15,20)21;1-8(2)10(18)20-6-9(17)21-13(5)7-12(3,4)22-11(19)14(13,15)16;1-9(2)10(17)19-6-7-20-13(5)8-12(3,4)21-11(18)14(13,15)16;1-6(2)10(16)21-9-5-8(7-3-4-19-11(7)17)20-12(18)13(9,14)15/h10H,2,7-8H2,1,3-6H3;1,6-7H2,2-5H3;1,6-8H2,2-5H3;7-9H,1,3-5H2,2H3. The van der Waals surface area contributed by atoms with Gasteiger partial charge in [-0.2, -0.15) is 43.9 Å². The molecule has 514 valence electrons. The Morgan fingerprint density at radius 1 is 0.571 bits per heavy atom. The minimum absolute atomic E-state index is 0.0479. The van der Waals surface area contributed by atoms with E-state index in [2.05, 4.69) is 59.5 Å². The van der Waals surface area contributed by atoms with Crippen molar-refractivity contribution in [2.75, 3.05) is 26.4 Å². The van der Waals surface area contributed by atoms with Crippen molar-refractivity contribution < 1.29 is 153 Å². The molecule has 0 amide bonds. The zero-order valence-electron chi connectivity index (χ0n) is 52.4. The van der Waals surface area contributed by atoms with Crippen molar-refractivity contribution in [3.05, 3.63) is 48.6 Å². The van der Waals surface area contributed by atoms with Crippen LogP contribution in [-0.4, -0.2) is 174 Å². The highest BCUT2D eigenvalue weighted by Crippen LogP contribution is 2.49. The lowest BCUT2D eigenvalue weighted by Gasteiger charge is -2.45. The van der Waals surface area contributed by atoms with Crippen LogP contribution in [0, 0.1) is 5.92 Å². The predicted octanol–water partition coefficient (Wildman–Crippen LogP) is 8.18. The third kappa shape index (κ3) is 19.5. The van der Waals surface area contributed by atoms with Crippen LogP contribution < -0.4 is 0 Å². The van der Waals surface area contributed by atoms with Gasteiger partial charge in [0.25, 0.3) is 0 Å². The highest BCUT2D eigenvalue weighted by Gasteiger charge is 2.70. The van der Waals surface area contributed by atoms with E-state index < -0.39 is 185 Å². The van der Waals surface area contributed by atoms with Crippen LogP contribution in [-0.2, 0) is 110 Å². The fourth-order valence-corrected chi connectivity index (χ4v) is 9.12. The van der Waals surface area contributed by atoms with Crippen molar-refractivity contribution in [2.45, 2.75) is 217 Å². The number of ether oxygens (including phenoxy) is 12. The minimum Gasteiger partial charge on any atom is -0.465 e. The van der Waals surface area contributed by atoms with Gasteiger partial charge in [0.15, 0.2) is 30.0 Å². The maximum absolute atomic E-state index is 14.4. The monoisotopic (exact) mass is 1330 g/mol. The summed E-state index contributed by atoms with van der Waals surface area (Å²) in [6, 6.07) is 0. The molecule has 0 aromatic rings. The molecule has 7 atom stereocenters. The smallest absolute Gasteiger partial charge is 0.381 e. The summed E-state index contributed by atoms with van der Waals surface area (Å²) in [7, 11) is 0. The van der Waals surface area contributed by atoms with Gasteiger partial charge in [-0.15, -0.1) is 0 Å². The Labute approximate surface area is 516 Å².